The largest absolute Gasteiger partial charge is 0.480 e. The van der Waals surface area contributed by atoms with Gasteiger partial charge in [0.2, 0.25) is 0 Å². The molecule has 6 nitrogen and oxygen atoms in total. The normalized spacial score (nSPS) is 13.5. The number of carbonyl (C=O) groups excluding carboxylic acids is 1. The molecule has 1 aromatic carbocycles. The van der Waals surface area contributed by atoms with Crippen molar-refractivity contribution in [2.75, 3.05) is 0 Å². The standard InChI is InChI=1S/C20H27N3O3/c1-14(2)9-18(15(3)24)22-19(20(25)26)10-17-12-23(13-21-17)11-16-7-5-4-6-8-16/h4-8,12-14,18-19,22H,9-11H2,1-3H3,(H,25,26). The number of nitrogens with zero attached hydrogens (tertiary/aromatic N) is 2. The molecular weight excluding hydrogens is 330 g/mol. The third-order valence-electron chi connectivity index (χ3n) is 4.21. The Labute approximate surface area is 154 Å². The predicted molar refractivity (Wildman–Crippen MR) is 100.0 cm³/mol. The van der Waals surface area contributed by atoms with Gasteiger partial charge in [-0.05, 0) is 24.8 Å². The van der Waals surface area contributed by atoms with Crippen molar-refractivity contribution < 1.29 is 14.7 Å². The molecule has 6 heteroatoms. The SMILES string of the molecule is CC(=O)C(CC(C)C)NC(Cc1cn(Cc2ccccc2)cn1)C(=O)O. The zero-order valence-corrected chi connectivity index (χ0v) is 15.6. The Bertz CT molecular complexity index is 725. The molecule has 1 heterocycles. The van der Waals surface area contributed by atoms with Crippen LogP contribution < -0.4 is 5.32 Å². The number of hydrogen-bond acceptors (Lipinski definition) is 4. The van der Waals surface area contributed by atoms with E-state index in [9.17, 15) is 14.7 Å². The van der Waals surface area contributed by atoms with Crippen LogP contribution in [0.25, 0.3) is 0 Å². The van der Waals surface area contributed by atoms with Crippen LogP contribution in [0.5, 0.6) is 0 Å². The maximum atomic E-state index is 11.8. The van der Waals surface area contributed by atoms with Crippen molar-refractivity contribution in [2.24, 2.45) is 5.92 Å². The summed E-state index contributed by atoms with van der Waals surface area (Å²) in [6, 6.07) is 8.69. The molecule has 0 aliphatic carbocycles. The third-order valence-corrected chi connectivity index (χ3v) is 4.21. The zero-order chi connectivity index (χ0) is 19.1. The minimum Gasteiger partial charge on any atom is -0.480 e. The summed E-state index contributed by atoms with van der Waals surface area (Å²) in [6.45, 7) is 6.20. The first-order chi connectivity index (χ1) is 12.3. The molecule has 0 saturated heterocycles. The van der Waals surface area contributed by atoms with Crippen molar-refractivity contribution in [3.05, 3.63) is 54.1 Å². The van der Waals surface area contributed by atoms with Gasteiger partial charge in [0.15, 0.2) is 0 Å². The van der Waals surface area contributed by atoms with Gasteiger partial charge in [0.05, 0.1) is 18.1 Å². The van der Waals surface area contributed by atoms with Gasteiger partial charge >= 0.3 is 5.97 Å². The van der Waals surface area contributed by atoms with Crippen molar-refractivity contribution in [2.45, 2.75) is 52.2 Å². The highest BCUT2D eigenvalue weighted by atomic mass is 16.4. The van der Waals surface area contributed by atoms with Crippen LogP contribution in [-0.2, 0) is 22.6 Å². The molecule has 140 valence electrons. The molecule has 2 N–H and O–H groups in total. The van der Waals surface area contributed by atoms with Gasteiger partial charge in [-0.3, -0.25) is 14.9 Å². The van der Waals surface area contributed by atoms with E-state index in [1.54, 1.807) is 6.33 Å². The van der Waals surface area contributed by atoms with Gasteiger partial charge in [-0.25, -0.2) is 4.98 Å². The Morgan fingerprint density at radius 1 is 1.19 bits per heavy atom. The van der Waals surface area contributed by atoms with Crippen LogP contribution in [-0.4, -0.2) is 38.5 Å². The second-order valence-electron chi connectivity index (χ2n) is 7.08. The summed E-state index contributed by atoms with van der Waals surface area (Å²) in [7, 11) is 0. The first-order valence-electron chi connectivity index (χ1n) is 8.89. The minimum absolute atomic E-state index is 0.0421. The summed E-state index contributed by atoms with van der Waals surface area (Å²) >= 11 is 0. The van der Waals surface area contributed by atoms with Crippen LogP contribution in [0.1, 0.15) is 38.4 Å². The fourth-order valence-electron chi connectivity index (χ4n) is 2.88. The van der Waals surface area contributed by atoms with Crippen LogP contribution >= 0.6 is 0 Å². The van der Waals surface area contributed by atoms with Crippen molar-refractivity contribution in [3.8, 4) is 0 Å². The molecule has 0 aliphatic heterocycles. The van der Waals surface area contributed by atoms with E-state index in [4.69, 9.17) is 0 Å². The topological polar surface area (TPSA) is 84.2 Å². The highest BCUT2D eigenvalue weighted by molar-refractivity contribution is 5.82. The number of carboxylic acids is 1. The molecule has 0 saturated carbocycles. The Balaban J connectivity index is 2.03. The number of carboxylic acid groups (broad SMARTS) is 1. The molecule has 2 unspecified atom stereocenters. The number of hydrogen-bond donors (Lipinski definition) is 2. The van der Waals surface area contributed by atoms with Crippen LogP contribution in [0, 0.1) is 5.92 Å². The molecule has 0 aliphatic rings. The fraction of sp³-hybridized carbons (Fsp3) is 0.450. The molecular formula is C20H27N3O3. The highest BCUT2D eigenvalue weighted by Crippen LogP contribution is 2.10. The summed E-state index contributed by atoms with van der Waals surface area (Å²) < 4.78 is 1.93. The summed E-state index contributed by atoms with van der Waals surface area (Å²) in [5.41, 5.74) is 1.84. The van der Waals surface area contributed by atoms with Gasteiger partial charge in [-0.2, -0.15) is 0 Å². The summed E-state index contributed by atoms with van der Waals surface area (Å²) in [6.07, 6.45) is 4.41. The van der Waals surface area contributed by atoms with Crippen molar-refractivity contribution in [3.63, 3.8) is 0 Å². The Morgan fingerprint density at radius 3 is 2.46 bits per heavy atom. The molecule has 26 heavy (non-hydrogen) atoms. The van der Waals surface area contributed by atoms with E-state index in [0.29, 0.717) is 24.6 Å². The average Bonchev–Trinajstić information content (AvgIpc) is 3.00. The van der Waals surface area contributed by atoms with Crippen molar-refractivity contribution in [1.82, 2.24) is 14.9 Å². The number of aromatic nitrogens is 2. The van der Waals surface area contributed by atoms with Crippen LogP contribution in [0.2, 0.25) is 0 Å². The van der Waals surface area contributed by atoms with E-state index in [0.717, 1.165) is 5.56 Å². The Hall–Kier alpha value is -2.47. The van der Waals surface area contributed by atoms with E-state index < -0.39 is 18.1 Å². The second-order valence-corrected chi connectivity index (χ2v) is 7.08. The summed E-state index contributed by atoms with van der Waals surface area (Å²) in [5.74, 6) is -0.715. The number of Topliss-reactive ketones (excluding diaryl/α,β-unsaturated/α-hetero) is 1. The lowest BCUT2D eigenvalue weighted by Crippen LogP contribution is -2.48. The van der Waals surface area contributed by atoms with E-state index in [1.165, 1.54) is 6.92 Å². The second kappa shape index (κ2) is 9.29. The zero-order valence-electron chi connectivity index (χ0n) is 15.6. The summed E-state index contributed by atoms with van der Waals surface area (Å²) in [4.78, 5) is 27.8. The quantitative estimate of drug-likeness (QED) is 0.683. The number of imidazole rings is 1. The number of carbonyl (C=O) groups is 2. The maximum Gasteiger partial charge on any atom is 0.321 e. The average molecular weight is 357 g/mol. The van der Waals surface area contributed by atoms with Crippen LogP contribution in [0.15, 0.2) is 42.9 Å². The lowest BCUT2D eigenvalue weighted by Gasteiger charge is -2.22. The first-order valence-corrected chi connectivity index (χ1v) is 8.89. The monoisotopic (exact) mass is 357 g/mol. The smallest absolute Gasteiger partial charge is 0.321 e. The van der Waals surface area contributed by atoms with E-state index in [-0.39, 0.29) is 12.2 Å². The molecule has 2 rings (SSSR count). The van der Waals surface area contributed by atoms with Gasteiger partial charge in [-0.1, -0.05) is 44.2 Å². The molecule has 0 amide bonds. The fourth-order valence-corrected chi connectivity index (χ4v) is 2.88. The maximum absolute atomic E-state index is 11.8. The molecule has 0 radical (unpaired) electrons. The Morgan fingerprint density at radius 2 is 1.88 bits per heavy atom. The van der Waals surface area contributed by atoms with E-state index >= 15 is 0 Å². The molecule has 0 spiro atoms. The van der Waals surface area contributed by atoms with Crippen LogP contribution in [0.4, 0.5) is 0 Å². The van der Waals surface area contributed by atoms with Crippen molar-refractivity contribution >= 4 is 11.8 Å². The Kier molecular flexibility index (Phi) is 7.09. The van der Waals surface area contributed by atoms with Gasteiger partial charge in [0.1, 0.15) is 11.8 Å². The van der Waals surface area contributed by atoms with E-state index in [2.05, 4.69) is 10.3 Å². The molecule has 0 fully saturated rings. The first kappa shape index (κ1) is 19.8. The number of nitrogens with one attached hydrogen (secondary N) is 1. The molecule has 0 bridgehead atoms. The predicted octanol–water partition coefficient (Wildman–Crippen LogP) is 2.52. The van der Waals surface area contributed by atoms with Gasteiger partial charge in [-0.15, -0.1) is 0 Å². The van der Waals surface area contributed by atoms with E-state index in [1.807, 2.05) is 54.9 Å². The van der Waals surface area contributed by atoms with Gasteiger partial charge < -0.3 is 9.67 Å². The van der Waals surface area contributed by atoms with Gasteiger partial charge in [0.25, 0.3) is 0 Å². The lowest BCUT2D eigenvalue weighted by molar-refractivity contribution is -0.139. The lowest BCUT2D eigenvalue weighted by atomic mass is 9.99. The molecule has 1 aromatic heterocycles. The molecule has 2 atom stereocenters. The molecule has 2 aromatic rings. The van der Waals surface area contributed by atoms with Crippen LogP contribution in [0.3, 0.4) is 0 Å². The third kappa shape index (κ3) is 6.11. The van der Waals surface area contributed by atoms with Gasteiger partial charge in [0, 0.05) is 19.2 Å². The number of benzene rings is 1. The summed E-state index contributed by atoms with van der Waals surface area (Å²) in [5, 5.41) is 12.5. The number of rotatable bonds is 10. The number of aliphatic carboxylic acids is 1. The number of ketones is 1. The minimum atomic E-state index is -0.974. The van der Waals surface area contributed by atoms with Crippen molar-refractivity contribution in [1.29, 1.82) is 0 Å². The highest BCUT2D eigenvalue weighted by Gasteiger charge is 2.25.